The molecule has 0 bridgehead atoms. The van der Waals surface area contributed by atoms with Crippen LogP contribution in [0.25, 0.3) is 0 Å². The van der Waals surface area contributed by atoms with Gasteiger partial charge in [-0.25, -0.2) is 0 Å². The fourth-order valence-electron chi connectivity index (χ4n) is 1.93. The Hall–Kier alpha value is -1.07. The fraction of sp³-hybridized carbons (Fsp3) is 0.667. The highest BCUT2D eigenvalue weighted by atomic mass is 16.6. The zero-order valence-corrected chi connectivity index (χ0v) is 11.4. The summed E-state index contributed by atoms with van der Waals surface area (Å²) in [5, 5.41) is 8.49. The Morgan fingerprint density at radius 2 is 1.94 bits per heavy atom. The number of allylic oxidation sites excluding steroid dienone is 4. The molecule has 0 aromatic heterocycles. The molecule has 1 fully saturated rings. The van der Waals surface area contributed by atoms with E-state index in [1.165, 1.54) is 5.57 Å². The first kappa shape index (κ1) is 14.0. The van der Waals surface area contributed by atoms with Gasteiger partial charge in [-0.05, 0) is 53.4 Å². The maximum absolute atomic E-state index is 8.49. The highest BCUT2D eigenvalue weighted by molar-refractivity contribution is 5.12. The van der Waals surface area contributed by atoms with Crippen LogP contribution in [0.3, 0.4) is 0 Å². The first-order valence-corrected chi connectivity index (χ1v) is 6.34. The van der Waals surface area contributed by atoms with Crippen LogP contribution in [-0.4, -0.2) is 11.7 Å². The standard InChI is InChI=1S/C15H23NO/c1-12(6-5-7-13(2)10-11-16)8-9-14-15(3,4)17-14/h6,10,14H,5,7-9H2,1-4H3. The van der Waals surface area contributed by atoms with Gasteiger partial charge in [0.05, 0.1) is 17.8 Å². The lowest BCUT2D eigenvalue weighted by molar-refractivity contribution is 0.320. The Balaban J connectivity index is 2.17. The van der Waals surface area contributed by atoms with Crippen LogP contribution < -0.4 is 0 Å². The minimum Gasteiger partial charge on any atom is -0.367 e. The second-order valence-electron chi connectivity index (χ2n) is 5.46. The van der Waals surface area contributed by atoms with E-state index in [9.17, 15) is 0 Å². The van der Waals surface area contributed by atoms with Crippen molar-refractivity contribution in [1.82, 2.24) is 0 Å². The van der Waals surface area contributed by atoms with E-state index >= 15 is 0 Å². The van der Waals surface area contributed by atoms with Crippen LogP contribution in [0.5, 0.6) is 0 Å². The fourth-order valence-corrected chi connectivity index (χ4v) is 1.93. The lowest BCUT2D eigenvalue weighted by Gasteiger charge is -2.01. The zero-order valence-electron chi connectivity index (χ0n) is 11.4. The van der Waals surface area contributed by atoms with Crippen molar-refractivity contribution in [2.75, 3.05) is 0 Å². The average molecular weight is 233 g/mol. The molecule has 1 rings (SSSR count). The van der Waals surface area contributed by atoms with Gasteiger partial charge in [0.1, 0.15) is 0 Å². The maximum atomic E-state index is 8.49. The monoisotopic (exact) mass is 233 g/mol. The molecular weight excluding hydrogens is 210 g/mol. The Labute approximate surface area is 105 Å². The Kier molecular flexibility index (Phi) is 4.96. The van der Waals surface area contributed by atoms with E-state index in [1.807, 2.05) is 6.92 Å². The van der Waals surface area contributed by atoms with E-state index in [0.717, 1.165) is 31.3 Å². The Morgan fingerprint density at radius 3 is 2.47 bits per heavy atom. The maximum Gasteiger partial charge on any atom is 0.0911 e. The predicted molar refractivity (Wildman–Crippen MR) is 70.5 cm³/mol. The molecule has 0 radical (unpaired) electrons. The second-order valence-corrected chi connectivity index (χ2v) is 5.46. The summed E-state index contributed by atoms with van der Waals surface area (Å²) in [6.45, 7) is 8.48. The molecule has 0 spiro atoms. The SMILES string of the molecule is CC(=CC#N)CCC=C(C)CCC1OC1(C)C. The number of hydrogen-bond acceptors (Lipinski definition) is 2. The third-order valence-electron chi connectivity index (χ3n) is 3.31. The largest absolute Gasteiger partial charge is 0.367 e. The number of nitrogens with zero attached hydrogens (tertiary/aromatic N) is 1. The smallest absolute Gasteiger partial charge is 0.0911 e. The van der Waals surface area contributed by atoms with Crippen LogP contribution in [-0.2, 0) is 4.74 Å². The number of hydrogen-bond donors (Lipinski definition) is 0. The normalized spacial score (nSPS) is 23.4. The molecule has 17 heavy (non-hydrogen) atoms. The van der Waals surface area contributed by atoms with Crippen LogP contribution in [0.1, 0.15) is 53.4 Å². The third-order valence-corrected chi connectivity index (χ3v) is 3.31. The van der Waals surface area contributed by atoms with Crippen LogP contribution in [0, 0.1) is 11.3 Å². The summed E-state index contributed by atoms with van der Waals surface area (Å²) in [7, 11) is 0. The first-order valence-electron chi connectivity index (χ1n) is 6.34. The van der Waals surface area contributed by atoms with Crippen molar-refractivity contribution < 1.29 is 4.74 Å². The molecule has 1 unspecified atom stereocenters. The lowest BCUT2D eigenvalue weighted by Crippen LogP contribution is -2.02. The van der Waals surface area contributed by atoms with Crippen LogP contribution in [0.15, 0.2) is 23.3 Å². The highest BCUT2D eigenvalue weighted by Gasteiger charge is 2.46. The number of epoxide rings is 1. The molecule has 0 amide bonds. The van der Waals surface area contributed by atoms with Gasteiger partial charge in [0.2, 0.25) is 0 Å². The van der Waals surface area contributed by atoms with Crippen molar-refractivity contribution in [1.29, 1.82) is 5.26 Å². The molecule has 0 aromatic rings. The summed E-state index contributed by atoms with van der Waals surface area (Å²) < 4.78 is 5.56. The van der Waals surface area contributed by atoms with Crippen LogP contribution in [0.4, 0.5) is 0 Å². The minimum absolute atomic E-state index is 0.117. The number of ether oxygens (including phenoxy) is 1. The van der Waals surface area contributed by atoms with E-state index in [4.69, 9.17) is 10.00 Å². The molecule has 1 aliphatic heterocycles. The molecule has 2 heteroatoms. The van der Waals surface area contributed by atoms with E-state index in [1.54, 1.807) is 6.08 Å². The molecule has 0 saturated carbocycles. The van der Waals surface area contributed by atoms with Gasteiger partial charge in [-0.2, -0.15) is 5.26 Å². The third kappa shape index (κ3) is 5.19. The zero-order chi connectivity index (χ0) is 12.9. The quantitative estimate of drug-likeness (QED) is 0.393. The van der Waals surface area contributed by atoms with E-state index in [2.05, 4.69) is 32.9 Å². The van der Waals surface area contributed by atoms with Crippen molar-refractivity contribution in [3.8, 4) is 6.07 Å². The summed E-state index contributed by atoms with van der Waals surface area (Å²) in [5.74, 6) is 0. The Bertz CT molecular complexity index is 358. The molecule has 94 valence electrons. The van der Waals surface area contributed by atoms with Crippen LogP contribution in [0.2, 0.25) is 0 Å². The van der Waals surface area contributed by atoms with Gasteiger partial charge in [0.25, 0.3) is 0 Å². The number of nitriles is 1. The molecule has 1 saturated heterocycles. The molecule has 0 N–H and O–H groups in total. The van der Waals surface area contributed by atoms with Gasteiger partial charge in [0.15, 0.2) is 0 Å². The van der Waals surface area contributed by atoms with Crippen molar-refractivity contribution in [3.63, 3.8) is 0 Å². The van der Waals surface area contributed by atoms with Crippen molar-refractivity contribution in [3.05, 3.63) is 23.3 Å². The summed E-state index contributed by atoms with van der Waals surface area (Å²) in [5.41, 5.74) is 2.70. The topological polar surface area (TPSA) is 36.3 Å². The predicted octanol–water partition coefficient (Wildman–Crippen LogP) is 4.14. The lowest BCUT2D eigenvalue weighted by atomic mass is 10.0. The average Bonchev–Trinajstić information content (AvgIpc) is 2.84. The molecular formula is C15H23NO. The highest BCUT2D eigenvalue weighted by Crippen LogP contribution is 2.38. The van der Waals surface area contributed by atoms with E-state index in [-0.39, 0.29) is 5.60 Å². The van der Waals surface area contributed by atoms with Crippen molar-refractivity contribution in [2.24, 2.45) is 0 Å². The second kappa shape index (κ2) is 6.02. The molecule has 0 aromatic carbocycles. The molecule has 1 atom stereocenters. The summed E-state index contributed by atoms with van der Waals surface area (Å²) in [6.07, 6.45) is 8.62. The summed E-state index contributed by atoms with van der Waals surface area (Å²) in [6, 6.07) is 2.06. The van der Waals surface area contributed by atoms with E-state index < -0.39 is 0 Å². The van der Waals surface area contributed by atoms with Gasteiger partial charge in [0, 0.05) is 6.08 Å². The van der Waals surface area contributed by atoms with Gasteiger partial charge in [-0.1, -0.05) is 17.2 Å². The minimum atomic E-state index is 0.117. The summed E-state index contributed by atoms with van der Waals surface area (Å²) >= 11 is 0. The van der Waals surface area contributed by atoms with Gasteiger partial charge in [-0.3, -0.25) is 0 Å². The van der Waals surface area contributed by atoms with Gasteiger partial charge >= 0.3 is 0 Å². The van der Waals surface area contributed by atoms with Gasteiger partial charge < -0.3 is 4.74 Å². The van der Waals surface area contributed by atoms with E-state index in [0.29, 0.717) is 6.10 Å². The molecule has 2 nitrogen and oxygen atoms in total. The van der Waals surface area contributed by atoms with Crippen LogP contribution >= 0.6 is 0 Å². The van der Waals surface area contributed by atoms with Crippen molar-refractivity contribution in [2.45, 2.75) is 65.1 Å². The number of rotatable bonds is 6. The summed E-state index contributed by atoms with van der Waals surface area (Å²) in [4.78, 5) is 0. The molecule has 1 heterocycles. The molecule has 1 aliphatic rings. The first-order chi connectivity index (χ1) is 7.95. The Morgan fingerprint density at radius 1 is 1.29 bits per heavy atom. The van der Waals surface area contributed by atoms with Gasteiger partial charge in [-0.15, -0.1) is 0 Å². The van der Waals surface area contributed by atoms with Crippen molar-refractivity contribution >= 4 is 0 Å². The molecule has 0 aliphatic carbocycles.